The average molecular weight is 858 g/mol. The molecule has 0 saturated heterocycles. The summed E-state index contributed by atoms with van der Waals surface area (Å²) in [5, 5.41) is 7.10. The zero-order chi connectivity index (χ0) is 34.9. The van der Waals surface area contributed by atoms with Gasteiger partial charge in [0.05, 0.1) is 11.8 Å². The van der Waals surface area contributed by atoms with Crippen molar-refractivity contribution in [3.05, 3.63) is 151 Å². The van der Waals surface area contributed by atoms with Crippen LogP contribution in [0.4, 0.5) is 5.69 Å². The van der Waals surface area contributed by atoms with Crippen molar-refractivity contribution in [2.45, 2.75) is 40.0 Å². The summed E-state index contributed by atoms with van der Waals surface area (Å²) in [4.78, 5) is 12.0. The van der Waals surface area contributed by atoms with E-state index in [4.69, 9.17) is 19.8 Å². The smallest absolute Gasteiger partial charge is 0.509 e. The van der Waals surface area contributed by atoms with Crippen molar-refractivity contribution in [1.29, 1.82) is 0 Å². The minimum atomic E-state index is -0.126. The van der Waals surface area contributed by atoms with Crippen molar-refractivity contribution in [2.24, 2.45) is 4.99 Å². The Balaban J connectivity index is 0.00000387. The van der Waals surface area contributed by atoms with Crippen LogP contribution in [0.3, 0.4) is 0 Å². The number of hydrogen-bond donors (Lipinski definition) is 0. The third-order valence-corrected chi connectivity index (χ3v) is 9.84. The van der Waals surface area contributed by atoms with Gasteiger partial charge in [0.15, 0.2) is 0 Å². The number of ether oxygens (including phenoxy) is 1. The Morgan fingerprint density at radius 1 is 0.808 bits per heavy atom. The second-order valence-electron chi connectivity index (χ2n) is 14.2. The Labute approximate surface area is 318 Å². The largest absolute Gasteiger partial charge is 2.00 e. The van der Waals surface area contributed by atoms with Gasteiger partial charge in [0.2, 0.25) is 0 Å². The Bertz CT molecular complexity index is 2590. The first-order chi connectivity index (χ1) is 24.7. The maximum absolute atomic E-state index is 6.53. The minimum Gasteiger partial charge on any atom is -0.509 e. The number of pyridine rings is 1. The molecule has 4 aromatic carbocycles. The fourth-order valence-corrected chi connectivity index (χ4v) is 7.35. The first-order valence-corrected chi connectivity index (χ1v) is 17.2. The van der Waals surface area contributed by atoms with Gasteiger partial charge in [0, 0.05) is 23.2 Å². The average Bonchev–Trinajstić information content (AvgIpc) is 3.70. The maximum atomic E-state index is 6.53. The van der Waals surface area contributed by atoms with E-state index in [1.807, 2.05) is 53.5 Å². The second-order valence-corrected chi connectivity index (χ2v) is 14.2. The van der Waals surface area contributed by atoms with Crippen LogP contribution in [-0.4, -0.2) is 36.8 Å². The summed E-state index contributed by atoms with van der Waals surface area (Å²) in [6.07, 6.45) is 12.0. The number of aryl methyl sites for hydroxylation is 2. The Morgan fingerprint density at radius 2 is 1.60 bits per heavy atom. The Hall–Kier alpha value is -5.46. The molecule has 0 aliphatic carbocycles. The number of fused-ring (bicyclic) bond motifs is 5. The van der Waals surface area contributed by atoms with Crippen LogP contribution in [0.2, 0.25) is 0 Å². The minimum absolute atomic E-state index is 0. The van der Waals surface area contributed by atoms with Gasteiger partial charge in [-0.25, -0.2) is 9.98 Å². The molecule has 0 spiro atoms. The number of aromatic nitrogens is 4. The summed E-state index contributed by atoms with van der Waals surface area (Å²) in [6.45, 7) is 10.9. The quantitative estimate of drug-likeness (QED) is 0.130. The van der Waals surface area contributed by atoms with Gasteiger partial charge in [-0.2, -0.15) is 17.2 Å². The molecule has 0 bridgehead atoms. The van der Waals surface area contributed by atoms with Crippen LogP contribution in [0.5, 0.6) is 11.5 Å². The standard InChI is InChI=1S/C43H35BN6O.Pt/c1-28-12-10-13-29(2)41(28)44-42-36(47-39-18-8-9-23-48(39)44)27-46-50(42)31-14-11-15-32(25-31)51-33-19-20-35-34-16-6-7-17-37(34)49(38(35)26-33)40-24-30(21-22-45-40)43(3,4)5;/h6-24,27H,1-5H3;/q-2;+2. The molecule has 2 aliphatic rings. The third kappa shape index (κ3) is 5.62. The number of benzene rings is 4. The molecule has 0 atom stereocenters. The summed E-state index contributed by atoms with van der Waals surface area (Å²) in [5.74, 6) is 2.89. The second kappa shape index (κ2) is 12.9. The number of aliphatic imine (C=N–C) groups is 1. The zero-order valence-electron chi connectivity index (χ0n) is 29.5. The SMILES string of the molecule is Cc1cccc(C)c1B1c2c(cnn2-c2[c-]c(Oc3[c-]c4c(cc3)c3ccccc3n4-c3cc(C(C)(C)C)ccn3)ccc2)N=C2C=CC=CN12.[Pt+2]. The van der Waals surface area contributed by atoms with Crippen molar-refractivity contribution >= 4 is 51.2 Å². The van der Waals surface area contributed by atoms with Crippen molar-refractivity contribution in [2.75, 3.05) is 0 Å². The van der Waals surface area contributed by atoms with E-state index in [2.05, 4.69) is 129 Å². The number of amidine groups is 1. The van der Waals surface area contributed by atoms with Gasteiger partial charge in [-0.05, 0) is 77.9 Å². The summed E-state index contributed by atoms with van der Waals surface area (Å²) in [6, 6.07) is 36.2. The van der Waals surface area contributed by atoms with Crippen molar-refractivity contribution < 1.29 is 25.8 Å². The maximum Gasteiger partial charge on any atom is 2.00 e. The van der Waals surface area contributed by atoms with E-state index in [9.17, 15) is 0 Å². The van der Waals surface area contributed by atoms with E-state index < -0.39 is 0 Å². The molecule has 3 aromatic heterocycles. The van der Waals surface area contributed by atoms with Gasteiger partial charge in [-0.1, -0.05) is 79.9 Å². The molecule has 256 valence electrons. The first-order valence-electron chi connectivity index (χ1n) is 17.2. The third-order valence-electron chi connectivity index (χ3n) is 9.84. The molecule has 0 amide bonds. The summed E-state index contributed by atoms with van der Waals surface area (Å²) in [5.41, 5.74) is 9.42. The van der Waals surface area contributed by atoms with E-state index in [-0.39, 0.29) is 33.3 Å². The van der Waals surface area contributed by atoms with Crippen molar-refractivity contribution in [3.63, 3.8) is 0 Å². The normalized spacial score (nSPS) is 13.6. The summed E-state index contributed by atoms with van der Waals surface area (Å²) < 4.78 is 10.6. The van der Waals surface area contributed by atoms with E-state index in [0.29, 0.717) is 11.5 Å². The Morgan fingerprint density at radius 3 is 2.42 bits per heavy atom. The molecule has 0 unspecified atom stereocenters. The van der Waals surface area contributed by atoms with Crippen LogP contribution in [-0.2, 0) is 26.5 Å². The fraction of sp³-hybridized carbons (Fsp3) is 0.140. The number of hydrogen-bond acceptors (Lipinski definition) is 5. The molecule has 52 heavy (non-hydrogen) atoms. The van der Waals surface area contributed by atoms with E-state index in [1.54, 1.807) is 0 Å². The van der Waals surface area contributed by atoms with Crippen LogP contribution >= 0.6 is 0 Å². The van der Waals surface area contributed by atoms with Crippen LogP contribution in [0, 0.1) is 26.0 Å². The molecule has 0 saturated carbocycles. The topological polar surface area (TPSA) is 60.5 Å². The predicted molar refractivity (Wildman–Crippen MR) is 207 cm³/mol. The molecule has 0 fully saturated rings. The van der Waals surface area contributed by atoms with Crippen molar-refractivity contribution in [1.82, 2.24) is 24.1 Å². The molecule has 7 aromatic rings. The molecular formula is C43H35BN6OPt. The van der Waals surface area contributed by atoms with Crippen molar-refractivity contribution in [3.8, 4) is 23.0 Å². The van der Waals surface area contributed by atoms with Gasteiger partial charge in [0.25, 0.3) is 0 Å². The number of para-hydroxylation sites is 1. The molecule has 9 heteroatoms. The zero-order valence-corrected chi connectivity index (χ0v) is 31.8. The van der Waals surface area contributed by atoms with Gasteiger partial charge in [-0.3, -0.25) is 4.68 Å². The number of allylic oxidation sites excluding steroid dienone is 2. The molecule has 2 aliphatic heterocycles. The van der Waals surface area contributed by atoms with Gasteiger partial charge in [0.1, 0.15) is 17.3 Å². The fourth-order valence-electron chi connectivity index (χ4n) is 7.35. The van der Waals surface area contributed by atoms with E-state index >= 15 is 0 Å². The molecule has 5 heterocycles. The number of nitrogens with zero attached hydrogens (tertiary/aromatic N) is 6. The summed E-state index contributed by atoms with van der Waals surface area (Å²) in [7, 11) is 0. The summed E-state index contributed by atoms with van der Waals surface area (Å²) >= 11 is 0. The van der Waals surface area contributed by atoms with Crippen LogP contribution in [0.25, 0.3) is 33.3 Å². The monoisotopic (exact) mass is 857 g/mol. The molecule has 0 radical (unpaired) electrons. The molecule has 0 N–H and O–H groups in total. The molecular weight excluding hydrogens is 822 g/mol. The number of rotatable bonds is 5. The Kier molecular flexibility index (Phi) is 8.38. The van der Waals surface area contributed by atoms with E-state index in [0.717, 1.165) is 50.4 Å². The van der Waals surface area contributed by atoms with Crippen LogP contribution in [0.1, 0.15) is 37.5 Å². The van der Waals surface area contributed by atoms with Gasteiger partial charge >= 0.3 is 27.9 Å². The molecule has 9 rings (SSSR count). The van der Waals surface area contributed by atoms with Gasteiger partial charge in [-0.15, -0.1) is 35.7 Å². The van der Waals surface area contributed by atoms with Crippen LogP contribution < -0.4 is 15.8 Å². The van der Waals surface area contributed by atoms with Crippen LogP contribution in [0.15, 0.2) is 127 Å². The van der Waals surface area contributed by atoms with Gasteiger partial charge < -0.3 is 14.1 Å². The first kappa shape index (κ1) is 33.7. The predicted octanol–water partition coefficient (Wildman–Crippen LogP) is 8.20. The molecule has 7 nitrogen and oxygen atoms in total. The van der Waals surface area contributed by atoms with E-state index in [1.165, 1.54) is 22.2 Å².